The van der Waals surface area contributed by atoms with Crippen LogP contribution < -0.4 is 4.74 Å². The standard InChI is InChI=1S/C36H50FN5O3/c1-27-24-41(36(26-38)15-19-40(20-16-36)34(43)45-35(2,3)4)21-22-42(27)33(30-7-6-8-31(37)23-30)29-13-17-39(18-14-29)25-28-9-11-32(44-5)12-10-28/h6-12,23,27,29,33H,13-22,24-25H2,1-5H3/t27-,33?/m0/s1. The van der Waals surface area contributed by atoms with Gasteiger partial charge < -0.3 is 14.4 Å². The van der Waals surface area contributed by atoms with Gasteiger partial charge in [0, 0.05) is 51.4 Å². The van der Waals surface area contributed by atoms with E-state index >= 15 is 0 Å². The fourth-order valence-electron chi connectivity index (χ4n) is 7.50. The van der Waals surface area contributed by atoms with E-state index in [1.54, 1.807) is 18.1 Å². The van der Waals surface area contributed by atoms with Crippen LogP contribution in [0, 0.1) is 23.1 Å². The lowest BCUT2D eigenvalue weighted by molar-refractivity contribution is -0.0369. The molecule has 1 amide bonds. The third kappa shape index (κ3) is 7.97. The first-order valence-electron chi connectivity index (χ1n) is 16.5. The minimum Gasteiger partial charge on any atom is -0.497 e. The lowest BCUT2D eigenvalue weighted by Gasteiger charge is -2.52. The Labute approximate surface area is 268 Å². The summed E-state index contributed by atoms with van der Waals surface area (Å²) in [7, 11) is 1.69. The average molecular weight is 620 g/mol. The zero-order valence-electron chi connectivity index (χ0n) is 27.7. The molecule has 0 bridgehead atoms. The van der Waals surface area contributed by atoms with Crippen LogP contribution in [0.4, 0.5) is 9.18 Å². The van der Waals surface area contributed by atoms with Crippen LogP contribution in [-0.4, -0.2) is 95.8 Å². The smallest absolute Gasteiger partial charge is 0.410 e. The summed E-state index contributed by atoms with van der Waals surface area (Å²) < 4.78 is 25.5. The van der Waals surface area contributed by atoms with E-state index in [9.17, 15) is 14.4 Å². The molecule has 45 heavy (non-hydrogen) atoms. The summed E-state index contributed by atoms with van der Waals surface area (Å²) in [6.45, 7) is 14.2. The Kier molecular flexibility index (Phi) is 10.4. The molecule has 1 unspecified atom stereocenters. The molecule has 0 radical (unpaired) electrons. The summed E-state index contributed by atoms with van der Waals surface area (Å²) in [6, 6.07) is 18.4. The van der Waals surface area contributed by atoms with E-state index < -0.39 is 11.1 Å². The summed E-state index contributed by atoms with van der Waals surface area (Å²) >= 11 is 0. The van der Waals surface area contributed by atoms with Gasteiger partial charge in [-0.25, -0.2) is 9.18 Å². The Balaban J connectivity index is 1.24. The minimum atomic E-state index is -0.597. The first kappa shape index (κ1) is 33.2. The predicted molar refractivity (Wildman–Crippen MR) is 173 cm³/mol. The Bertz CT molecular complexity index is 1320. The zero-order chi connectivity index (χ0) is 32.2. The number of benzene rings is 2. The van der Waals surface area contributed by atoms with Crippen molar-refractivity contribution in [1.29, 1.82) is 5.26 Å². The number of hydrogen-bond donors (Lipinski definition) is 0. The molecule has 8 nitrogen and oxygen atoms in total. The van der Waals surface area contributed by atoms with Crippen LogP contribution in [0.5, 0.6) is 5.75 Å². The Morgan fingerprint density at radius 3 is 2.31 bits per heavy atom. The topological polar surface area (TPSA) is 72.3 Å². The lowest BCUT2D eigenvalue weighted by atomic mass is 9.82. The minimum absolute atomic E-state index is 0.119. The van der Waals surface area contributed by atoms with Gasteiger partial charge in [0.25, 0.3) is 0 Å². The van der Waals surface area contributed by atoms with Crippen LogP contribution >= 0.6 is 0 Å². The van der Waals surface area contributed by atoms with Gasteiger partial charge in [-0.2, -0.15) is 5.26 Å². The number of rotatable bonds is 7. The van der Waals surface area contributed by atoms with Gasteiger partial charge in [-0.15, -0.1) is 0 Å². The van der Waals surface area contributed by atoms with Crippen LogP contribution in [0.1, 0.15) is 70.5 Å². The van der Waals surface area contributed by atoms with Gasteiger partial charge in [0.15, 0.2) is 0 Å². The van der Waals surface area contributed by atoms with Crippen molar-refractivity contribution in [3.8, 4) is 11.8 Å². The highest BCUT2D eigenvalue weighted by Gasteiger charge is 2.46. The van der Waals surface area contributed by atoms with Crippen LogP contribution in [-0.2, 0) is 11.3 Å². The van der Waals surface area contributed by atoms with Crippen molar-refractivity contribution in [1.82, 2.24) is 19.6 Å². The number of nitriles is 1. The molecule has 3 saturated heterocycles. The molecular formula is C36H50FN5O3. The van der Waals surface area contributed by atoms with Gasteiger partial charge in [-0.3, -0.25) is 14.7 Å². The van der Waals surface area contributed by atoms with E-state index in [4.69, 9.17) is 9.47 Å². The van der Waals surface area contributed by atoms with Gasteiger partial charge in [-0.1, -0.05) is 24.3 Å². The second kappa shape index (κ2) is 14.1. The van der Waals surface area contributed by atoms with Crippen molar-refractivity contribution in [3.05, 3.63) is 65.5 Å². The van der Waals surface area contributed by atoms with E-state index in [1.807, 2.05) is 39.0 Å². The quantitative estimate of drug-likeness (QED) is 0.372. The lowest BCUT2D eigenvalue weighted by Crippen LogP contribution is -2.63. The third-order valence-corrected chi connectivity index (χ3v) is 9.93. The zero-order valence-corrected chi connectivity index (χ0v) is 27.7. The maximum absolute atomic E-state index is 14.6. The number of carbonyl (C=O) groups is 1. The molecule has 0 N–H and O–H groups in total. The van der Waals surface area contributed by atoms with Crippen molar-refractivity contribution in [2.45, 2.75) is 83.1 Å². The summed E-state index contributed by atoms with van der Waals surface area (Å²) in [6.07, 6.45) is 3.00. The van der Waals surface area contributed by atoms with Crippen LogP contribution in [0.15, 0.2) is 48.5 Å². The second-order valence-corrected chi connectivity index (χ2v) is 14.1. The van der Waals surface area contributed by atoms with E-state index in [2.05, 4.69) is 45.9 Å². The molecule has 3 fully saturated rings. The van der Waals surface area contributed by atoms with Gasteiger partial charge in [0.1, 0.15) is 22.7 Å². The highest BCUT2D eigenvalue weighted by atomic mass is 19.1. The van der Waals surface area contributed by atoms with Crippen LogP contribution in [0.2, 0.25) is 0 Å². The van der Waals surface area contributed by atoms with Crippen LogP contribution in [0.3, 0.4) is 0 Å². The van der Waals surface area contributed by atoms with Gasteiger partial charge in [0.05, 0.1) is 13.2 Å². The molecule has 0 spiro atoms. The summed E-state index contributed by atoms with van der Waals surface area (Å²) in [5.74, 6) is 1.09. The molecule has 244 valence electrons. The molecule has 0 saturated carbocycles. The first-order valence-corrected chi connectivity index (χ1v) is 16.5. The largest absolute Gasteiger partial charge is 0.497 e. The van der Waals surface area contributed by atoms with E-state index in [0.29, 0.717) is 31.8 Å². The van der Waals surface area contributed by atoms with Crippen molar-refractivity contribution in [3.63, 3.8) is 0 Å². The van der Waals surface area contributed by atoms with Crippen molar-refractivity contribution < 1.29 is 18.7 Å². The second-order valence-electron chi connectivity index (χ2n) is 14.1. The fourth-order valence-corrected chi connectivity index (χ4v) is 7.50. The van der Waals surface area contributed by atoms with Gasteiger partial charge in [0.2, 0.25) is 0 Å². The van der Waals surface area contributed by atoms with Crippen molar-refractivity contribution in [2.75, 3.05) is 52.9 Å². The molecule has 0 aliphatic carbocycles. The number of carbonyl (C=O) groups excluding carboxylic acids is 1. The maximum Gasteiger partial charge on any atom is 0.410 e. The Morgan fingerprint density at radius 2 is 1.73 bits per heavy atom. The molecule has 5 rings (SSSR count). The Hall–Kier alpha value is -3.19. The number of piperazine rings is 1. The number of likely N-dealkylation sites (tertiary alicyclic amines) is 2. The number of amides is 1. The first-order chi connectivity index (χ1) is 21.5. The van der Waals surface area contributed by atoms with Crippen LogP contribution in [0.25, 0.3) is 0 Å². The number of ether oxygens (including phenoxy) is 2. The summed E-state index contributed by atoms with van der Waals surface area (Å²) in [4.78, 5) is 21.8. The summed E-state index contributed by atoms with van der Waals surface area (Å²) in [5, 5.41) is 10.4. The highest BCUT2D eigenvalue weighted by molar-refractivity contribution is 5.68. The normalized spacial score (nSPS) is 22.9. The van der Waals surface area contributed by atoms with E-state index in [-0.39, 0.29) is 24.0 Å². The SMILES string of the molecule is COc1ccc(CN2CCC(C(c3cccc(F)c3)N3CCN(C4(C#N)CCN(C(=O)OC(C)(C)C)CC4)C[C@@H]3C)CC2)cc1. The third-order valence-electron chi connectivity index (χ3n) is 9.93. The number of methoxy groups -OCH3 is 1. The summed E-state index contributed by atoms with van der Waals surface area (Å²) in [5.41, 5.74) is 1.19. The molecule has 3 aliphatic rings. The molecule has 3 aliphatic heterocycles. The van der Waals surface area contributed by atoms with Crippen molar-refractivity contribution >= 4 is 6.09 Å². The average Bonchev–Trinajstić information content (AvgIpc) is 3.02. The van der Waals surface area contributed by atoms with Gasteiger partial charge >= 0.3 is 6.09 Å². The van der Waals surface area contributed by atoms with E-state index in [1.165, 1.54) is 11.6 Å². The molecule has 2 aromatic rings. The molecule has 0 aromatic heterocycles. The molecule has 9 heteroatoms. The highest BCUT2D eigenvalue weighted by Crippen LogP contribution is 2.40. The predicted octanol–water partition coefficient (Wildman–Crippen LogP) is 6.09. The van der Waals surface area contributed by atoms with E-state index in [0.717, 1.165) is 63.4 Å². The molecular weight excluding hydrogens is 569 g/mol. The maximum atomic E-state index is 14.6. The number of nitrogens with zero attached hydrogens (tertiary/aromatic N) is 5. The number of halogens is 1. The monoisotopic (exact) mass is 619 g/mol. The number of hydrogen-bond acceptors (Lipinski definition) is 7. The number of piperidine rings is 2. The molecule has 2 aromatic carbocycles. The van der Waals surface area contributed by atoms with Gasteiger partial charge in [-0.05, 0) is 108 Å². The Morgan fingerprint density at radius 1 is 1.04 bits per heavy atom. The molecule has 2 atom stereocenters. The van der Waals surface area contributed by atoms with Crippen molar-refractivity contribution in [2.24, 2.45) is 5.92 Å². The fraction of sp³-hybridized carbons (Fsp3) is 0.611. The molecule has 3 heterocycles.